The second-order valence-electron chi connectivity index (χ2n) is 4.29. The standard InChI is InChI=1S/C14H14N4/c15-14-17-12-7-5-10(9-13(12)18-14)4-6-11-3-1-2-8-16-11/h1-3,5,7-9H,4,6H2,(H3,15,17,18). The molecule has 1 aromatic carbocycles. The van der Waals surface area contributed by atoms with Crippen LogP contribution in [0.1, 0.15) is 11.3 Å². The fourth-order valence-corrected chi connectivity index (χ4v) is 2.05. The van der Waals surface area contributed by atoms with E-state index in [0.717, 1.165) is 29.6 Å². The van der Waals surface area contributed by atoms with E-state index in [0.29, 0.717) is 5.95 Å². The Kier molecular flexibility index (Phi) is 2.68. The second kappa shape index (κ2) is 4.49. The number of H-pyrrole nitrogens is 1. The van der Waals surface area contributed by atoms with Crippen molar-refractivity contribution in [2.45, 2.75) is 12.8 Å². The molecule has 0 saturated heterocycles. The molecule has 0 unspecified atom stereocenters. The van der Waals surface area contributed by atoms with Gasteiger partial charge in [0.15, 0.2) is 5.95 Å². The number of aromatic nitrogens is 3. The van der Waals surface area contributed by atoms with Crippen LogP contribution in [0.15, 0.2) is 42.6 Å². The van der Waals surface area contributed by atoms with Gasteiger partial charge in [-0.05, 0) is 42.7 Å². The zero-order valence-corrected chi connectivity index (χ0v) is 9.93. The average molecular weight is 238 g/mol. The predicted octanol–water partition coefficient (Wildman–Crippen LogP) is 2.33. The number of anilines is 1. The first-order valence-electron chi connectivity index (χ1n) is 5.95. The van der Waals surface area contributed by atoms with E-state index in [9.17, 15) is 0 Å². The van der Waals surface area contributed by atoms with E-state index in [1.54, 1.807) is 0 Å². The van der Waals surface area contributed by atoms with Crippen molar-refractivity contribution in [2.24, 2.45) is 0 Å². The Morgan fingerprint density at radius 1 is 1.11 bits per heavy atom. The van der Waals surface area contributed by atoms with E-state index < -0.39 is 0 Å². The fourth-order valence-electron chi connectivity index (χ4n) is 2.05. The number of nitrogens with one attached hydrogen (secondary N) is 1. The minimum absolute atomic E-state index is 0.465. The van der Waals surface area contributed by atoms with Gasteiger partial charge in [0.2, 0.25) is 0 Å². The third-order valence-corrected chi connectivity index (χ3v) is 2.96. The molecule has 0 radical (unpaired) electrons. The van der Waals surface area contributed by atoms with Crippen LogP contribution in [0.5, 0.6) is 0 Å². The van der Waals surface area contributed by atoms with Gasteiger partial charge < -0.3 is 10.7 Å². The molecule has 4 heteroatoms. The summed E-state index contributed by atoms with van der Waals surface area (Å²) in [6.07, 6.45) is 3.73. The van der Waals surface area contributed by atoms with Crippen molar-refractivity contribution < 1.29 is 0 Å². The second-order valence-corrected chi connectivity index (χ2v) is 4.29. The molecule has 0 aliphatic carbocycles. The zero-order valence-electron chi connectivity index (χ0n) is 9.93. The number of nitrogen functional groups attached to an aromatic ring is 1. The van der Waals surface area contributed by atoms with Crippen molar-refractivity contribution in [1.29, 1.82) is 0 Å². The smallest absolute Gasteiger partial charge is 0.198 e. The molecule has 0 aliphatic rings. The van der Waals surface area contributed by atoms with Crippen LogP contribution in [-0.4, -0.2) is 15.0 Å². The van der Waals surface area contributed by atoms with E-state index in [2.05, 4.69) is 27.1 Å². The maximum atomic E-state index is 5.63. The Balaban J connectivity index is 1.78. The Morgan fingerprint density at radius 2 is 2.06 bits per heavy atom. The quantitative estimate of drug-likeness (QED) is 0.735. The summed E-state index contributed by atoms with van der Waals surface area (Å²) in [5, 5.41) is 0. The van der Waals surface area contributed by atoms with Gasteiger partial charge >= 0.3 is 0 Å². The molecule has 3 N–H and O–H groups in total. The number of nitrogens with zero attached hydrogens (tertiary/aromatic N) is 2. The lowest BCUT2D eigenvalue weighted by atomic mass is 10.1. The number of benzene rings is 1. The molecule has 0 bridgehead atoms. The summed E-state index contributed by atoms with van der Waals surface area (Å²) in [5.41, 5.74) is 9.91. The van der Waals surface area contributed by atoms with Gasteiger partial charge in [0.25, 0.3) is 0 Å². The van der Waals surface area contributed by atoms with E-state index in [1.807, 2.05) is 30.5 Å². The summed E-state index contributed by atoms with van der Waals surface area (Å²) in [4.78, 5) is 11.6. The first kappa shape index (κ1) is 10.8. The zero-order chi connectivity index (χ0) is 12.4. The van der Waals surface area contributed by atoms with Crippen molar-refractivity contribution in [2.75, 3.05) is 5.73 Å². The topological polar surface area (TPSA) is 67.6 Å². The van der Waals surface area contributed by atoms with E-state index in [4.69, 9.17) is 5.73 Å². The first-order valence-corrected chi connectivity index (χ1v) is 5.95. The number of hydrogen-bond acceptors (Lipinski definition) is 3. The van der Waals surface area contributed by atoms with Crippen LogP contribution in [0.2, 0.25) is 0 Å². The van der Waals surface area contributed by atoms with Crippen molar-refractivity contribution in [3.63, 3.8) is 0 Å². The number of pyridine rings is 1. The Labute approximate surface area is 105 Å². The Morgan fingerprint density at radius 3 is 2.89 bits per heavy atom. The highest BCUT2D eigenvalue weighted by molar-refractivity contribution is 5.77. The average Bonchev–Trinajstić information content (AvgIpc) is 2.77. The normalized spacial score (nSPS) is 10.9. The first-order chi connectivity index (χ1) is 8.81. The van der Waals surface area contributed by atoms with Crippen LogP contribution >= 0.6 is 0 Å². The van der Waals surface area contributed by atoms with Gasteiger partial charge in [0.1, 0.15) is 0 Å². The van der Waals surface area contributed by atoms with Gasteiger partial charge in [-0.15, -0.1) is 0 Å². The molecule has 3 aromatic rings. The minimum Gasteiger partial charge on any atom is -0.369 e. The number of aryl methyl sites for hydroxylation is 2. The van der Waals surface area contributed by atoms with Gasteiger partial charge in [-0.2, -0.15) is 0 Å². The van der Waals surface area contributed by atoms with Gasteiger partial charge in [-0.25, -0.2) is 4.98 Å². The van der Waals surface area contributed by atoms with Crippen LogP contribution in [0.3, 0.4) is 0 Å². The Bertz CT molecular complexity index is 658. The third kappa shape index (κ3) is 2.18. The maximum absolute atomic E-state index is 5.63. The van der Waals surface area contributed by atoms with E-state index in [1.165, 1.54) is 5.56 Å². The minimum atomic E-state index is 0.465. The summed E-state index contributed by atoms with van der Waals surface area (Å²) < 4.78 is 0. The Hall–Kier alpha value is -2.36. The largest absolute Gasteiger partial charge is 0.369 e. The van der Waals surface area contributed by atoms with Crippen molar-refractivity contribution in [3.05, 3.63) is 53.9 Å². The highest BCUT2D eigenvalue weighted by Gasteiger charge is 2.02. The molecule has 4 nitrogen and oxygen atoms in total. The molecule has 90 valence electrons. The molecule has 2 aromatic heterocycles. The lowest BCUT2D eigenvalue weighted by molar-refractivity contribution is 0.915. The van der Waals surface area contributed by atoms with Crippen LogP contribution in [0.25, 0.3) is 11.0 Å². The monoisotopic (exact) mass is 238 g/mol. The molecular formula is C14H14N4. The molecule has 0 saturated carbocycles. The summed E-state index contributed by atoms with van der Waals surface area (Å²) in [5.74, 6) is 0.465. The molecule has 2 heterocycles. The van der Waals surface area contributed by atoms with Crippen molar-refractivity contribution >= 4 is 17.0 Å². The number of fused-ring (bicyclic) bond motifs is 1. The SMILES string of the molecule is Nc1nc2ccc(CCc3ccccn3)cc2[nH]1. The number of aromatic amines is 1. The van der Waals surface area contributed by atoms with Crippen LogP contribution < -0.4 is 5.73 Å². The number of rotatable bonds is 3. The van der Waals surface area contributed by atoms with E-state index in [-0.39, 0.29) is 0 Å². The van der Waals surface area contributed by atoms with Crippen molar-refractivity contribution in [1.82, 2.24) is 15.0 Å². The highest BCUT2D eigenvalue weighted by atomic mass is 15.0. The van der Waals surface area contributed by atoms with E-state index >= 15 is 0 Å². The summed E-state index contributed by atoms with van der Waals surface area (Å²) in [7, 11) is 0. The number of imidazole rings is 1. The molecule has 0 amide bonds. The summed E-state index contributed by atoms with van der Waals surface area (Å²) in [6, 6.07) is 12.2. The lowest BCUT2D eigenvalue weighted by Crippen LogP contribution is -1.93. The predicted molar refractivity (Wildman–Crippen MR) is 72.2 cm³/mol. The van der Waals surface area contributed by atoms with Crippen LogP contribution in [-0.2, 0) is 12.8 Å². The molecule has 0 spiro atoms. The van der Waals surface area contributed by atoms with Crippen LogP contribution in [0, 0.1) is 0 Å². The van der Waals surface area contributed by atoms with Gasteiger partial charge in [0, 0.05) is 11.9 Å². The van der Waals surface area contributed by atoms with Gasteiger partial charge in [-0.1, -0.05) is 12.1 Å². The molecule has 0 atom stereocenters. The molecule has 0 aliphatic heterocycles. The molecule has 3 rings (SSSR count). The lowest BCUT2D eigenvalue weighted by Gasteiger charge is -2.01. The van der Waals surface area contributed by atoms with Crippen LogP contribution in [0.4, 0.5) is 5.95 Å². The number of nitrogens with two attached hydrogens (primary N) is 1. The third-order valence-electron chi connectivity index (χ3n) is 2.96. The molecule has 0 fully saturated rings. The summed E-state index contributed by atoms with van der Waals surface area (Å²) in [6.45, 7) is 0. The highest BCUT2D eigenvalue weighted by Crippen LogP contribution is 2.15. The fraction of sp³-hybridized carbons (Fsp3) is 0.143. The summed E-state index contributed by atoms with van der Waals surface area (Å²) >= 11 is 0. The molecular weight excluding hydrogens is 224 g/mol. The van der Waals surface area contributed by atoms with Crippen molar-refractivity contribution in [3.8, 4) is 0 Å². The van der Waals surface area contributed by atoms with Gasteiger partial charge in [0.05, 0.1) is 11.0 Å². The maximum Gasteiger partial charge on any atom is 0.198 e. The van der Waals surface area contributed by atoms with Gasteiger partial charge in [-0.3, -0.25) is 4.98 Å². The molecule has 18 heavy (non-hydrogen) atoms. The number of hydrogen-bond donors (Lipinski definition) is 2.